The molecule has 2 bridgehead atoms. The molecule has 0 spiro atoms. The SMILES string of the molecule is CC1(c2cccc(Br)c2)CC1C(=O)N1C2CCC1c1cncnc1C2. The molecule has 1 saturated carbocycles. The van der Waals surface area contributed by atoms with E-state index in [1.165, 1.54) is 5.56 Å². The van der Waals surface area contributed by atoms with Crippen LogP contribution in [0.4, 0.5) is 0 Å². The average Bonchev–Trinajstić information content (AvgIpc) is 3.22. The molecule has 25 heavy (non-hydrogen) atoms. The third-order valence-corrected chi connectivity index (χ3v) is 6.88. The van der Waals surface area contributed by atoms with Crippen LogP contribution in [-0.4, -0.2) is 26.8 Å². The second-order valence-electron chi connectivity index (χ2n) is 7.81. The molecule has 1 saturated heterocycles. The molecule has 1 aromatic heterocycles. The largest absolute Gasteiger partial charge is 0.332 e. The minimum absolute atomic E-state index is 0.0340. The summed E-state index contributed by atoms with van der Waals surface area (Å²) >= 11 is 3.55. The number of rotatable bonds is 2. The van der Waals surface area contributed by atoms with E-state index in [1.54, 1.807) is 6.33 Å². The van der Waals surface area contributed by atoms with E-state index in [0.717, 1.165) is 41.4 Å². The lowest BCUT2D eigenvalue weighted by molar-refractivity contribution is -0.136. The van der Waals surface area contributed by atoms with Gasteiger partial charge in [-0.2, -0.15) is 0 Å². The van der Waals surface area contributed by atoms with Crippen LogP contribution >= 0.6 is 15.9 Å². The number of nitrogens with zero attached hydrogens (tertiary/aromatic N) is 3. The molecule has 128 valence electrons. The maximum atomic E-state index is 13.4. The zero-order chi connectivity index (χ0) is 17.2. The van der Waals surface area contributed by atoms with E-state index in [9.17, 15) is 4.79 Å². The van der Waals surface area contributed by atoms with E-state index in [0.29, 0.717) is 11.9 Å². The van der Waals surface area contributed by atoms with Crippen molar-refractivity contribution in [2.45, 2.75) is 50.1 Å². The molecule has 5 heteroatoms. The minimum Gasteiger partial charge on any atom is -0.332 e. The van der Waals surface area contributed by atoms with Gasteiger partial charge in [0.1, 0.15) is 6.33 Å². The Labute approximate surface area is 155 Å². The maximum absolute atomic E-state index is 13.4. The summed E-state index contributed by atoms with van der Waals surface area (Å²) in [7, 11) is 0. The summed E-state index contributed by atoms with van der Waals surface area (Å²) in [6.45, 7) is 2.22. The fourth-order valence-electron chi connectivity index (χ4n) is 4.83. The van der Waals surface area contributed by atoms with Gasteiger partial charge in [-0.25, -0.2) is 9.97 Å². The second-order valence-corrected chi connectivity index (χ2v) is 8.72. The predicted molar refractivity (Wildman–Crippen MR) is 97.9 cm³/mol. The summed E-state index contributed by atoms with van der Waals surface area (Å²) in [4.78, 5) is 24.2. The number of aromatic nitrogens is 2. The van der Waals surface area contributed by atoms with E-state index >= 15 is 0 Å². The highest BCUT2D eigenvalue weighted by molar-refractivity contribution is 9.10. The second kappa shape index (κ2) is 5.37. The quantitative estimate of drug-likeness (QED) is 0.773. The van der Waals surface area contributed by atoms with Crippen molar-refractivity contribution in [3.05, 3.63) is 58.1 Å². The summed E-state index contributed by atoms with van der Waals surface area (Å²) < 4.78 is 1.08. The van der Waals surface area contributed by atoms with Gasteiger partial charge in [0.15, 0.2) is 0 Å². The van der Waals surface area contributed by atoms with Gasteiger partial charge in [-0.1, -0.05) is 35.0 Å². The molecule has 4 nitrogen and oxygen atoms in total. The first-order chi connectivity index (χ1) is 12.1. The van der Waals surface area contributed by atoms with Gasteiger partial charge in [-0.15, -0.1) is 0 Å². The lowest BCUT2D eigenvalue weighted by Crippen LogP contribution is -2.43. The molecule has 4 atom stereocenters. The highest BCUT2D eigenvalue weighted by Crippen LogP contribution is 2.57. The summed E-state index contributed by atoms with van der Waals surface area (Å²) in [5.41, 5.74) is 3.52. The number of hydrogen-bond donors (Lipinski definition) is 0. The Kier molecular flexibility index (Phi) is 3.33. The van der Waals surface area contributed by atoms with E-state index in [4.69, 9.17) is 0 Å². The molecule has 3 aliphatic rings. The fourth-order valence-corrected chi connectivity index (χ4v) is 5.23. The Morgan fingerprint density at radius 2 is 2.24 bits per heavy atom. The van der Waals surface area contributed by atoms with Gasteiger partial charge in [0.05, 0.1) is 11.7 Å². The number of fused-ring (bicyclic) bond motifs is 4. The summed E-state index contributed by atoms with van der Waals surface area (Å²) in [5.74, 6) is 0.417. The minimum atomic E-state index is -0.0340. The molecule has 0 N–H and O–H groups in total. The molecule has 5 rings (SSSR count). The van der Waals surface area contributed by atoms with Crippen LogP contribution in [0.15, 0.2) is 41.3 Å². The molecular weight excluding hydrogens is 378 g/mol. The smallest absolute Gasteiger partial charge is 0.227 e. The van der Waals surface area contributed by atoms with Crippen molar-refractivity contribution < 1.29 is 4.79 Å². The molecular formula is C20H20BrN3O. The average molecular weight is 398 g/mol. The zero-order valence-electron chi connectivity index (χ0n) is 14.2. The lowest BCUT2D eigenvalue weighted by Gasteiger charge is -2.36. The van der Waals surface area contributed by atoms with Gasteiger partial charge in [-0.05, 0) is 37.0 Å². The third-order valence-electron chi connectivity index (χ3n) is 6.39. The van der Waals surface area contributed by atoms with Crippen LogP contribution < -0.4 is 0 Å². The van der Waals surface area contributed by atoms with Crippen molar-refractivity contribution >= 4 is 21.8 Å². The van der Waals surface area contributed by atoms with Crippen molar-refractivity contribution in [1.82, 2.24) is 14.9 Å². The maximum Gasteiger partial charge on any atom is 0.227 e. The lowest BCUT2D eigenvalue weighted by atomic mass is 9.93. The van der Waals surface area contributed by atoms with E-state index in [-0.39, 0.29) is 17.4 Å². The van der Waals surface area contributed by atoms with Crippen LogP contribution in [0.1, 0.15) is 49.0 Å². The van der Waals surface area contributed by atoms with E-state index < -0.39 is 0 Å². The molecule has 3 heterocycles. The number of carbonyl (C=O) groups is 1. The van der Waals surface area contributed by atoms with Gasteiger partial charge in [-0.3, -0.25) is 4.79 Å². The van der Waals surface area contributed by atoms with Crippen LogP contribution in [0.5, 0.6) is 0 Å². The van der Waals surface area contributed by atoms with Gasteiger partial charge in [0, 0.05) is 40.0 Å². The highest BCUT2D eigenvalue weighted by atomic mass is 79.9. The molecule has 2 aliphatic heterocycles. The normalized spacial score (nSPS) is 32.4. The standard InChI is InChI=1S/C20H20BrN3O/c1-20(12-3-2-4-13(21)7-12)9-16(20)19(25)24-14-5-6-18(24)15-10-22-11-23-17(15)8-14/h2-4,7,10-11,14,16,18H,5-6,8-9H2,1H3. The van der Waals surface area contributed by atoms with Crippen LogP contribution in [0.2, 0.25) is 0 Å². The van der Waals surface area contributed by atoms with Gasteiger partial charge in [0.2, 0.25) is 5.91 Å². The van der Waals surface area contributed by atoms with Crippen LogP contribution in [0.25, 0.3) is 0 Å². The predicted octanol–water partition coefficient (Wildman–Crippen LogP) is 3.81. The van der Waals surface area contributed by atoms with Crippen LogP contribution in [0, 0.1) is 5.92 Å². The summed E-state index contributed by atoms with van der Waals surface area (Å²) in [5, 5.41) is 0. The molecule has 1 aliphatic carbocycles. The molecule has 1 aromatic carbocycles. The van der Waals surface area contributed by atoms with E-state index in [2.05, 4.69) is 55.9 Å². The first-order valence-corrected chi connectivity index (χ1v) is 9.74. The summed E-state index contributed by atoms with van der Waals surface area (Å²) in [6, 6.07) is 8.88. The van der Waals surface area contributed by atoms with Crippen LogP contribution in [0.3, 0.4) is 0 Å². The Morgan fingerprint density at radius 1 is 1.36 bits per heavy atom. The van der Waals surface area contributed by atoms with Crippen molar-refractivity contribution in [2.75, 3.05) is 0 Å². The Hall–Kier alpha value is -1.75. The Bertz CT molecular complexity index is 870. The number of benzene rings is 1. The van der Waals surface area contributed by atoms with Crippen LogP contribution in [-0.2, 0) is 16.6 Å². The monoisotopic (exact) mass is 397 g/mol. The van der Waals surface area contributed by atoms with Crippen molar-refractivity contribution in [1.29, 1.82) is 0 Å². The van der Waals surface area contributed by atoms with E-state index in [1.807, 2.05) is 12.3 Å². The Balaban J connectivity index is 1.43. The highest BCUT2D eigenvalue weighted by Gasteiger charge is 2.59. The van der Waals surface area contributed by atoms with Crippen molar-refractivity contribution in [2.24, 2.45) is 5.92 Å². The Morgan fingerprint density at radius 3 is 3.08 bits per heavy atom. The van der Waals surface area contributed by atoms with Gasteiger partial charge < -0.3 is 4.90 Å². The zero-order valence-corrected chi connectivity index (χ0v) is 15.7. The number of amides is 1. The molecule has 0 radical (unpaired) electrons. The molecule has 4 unspecified atom stereocenters. The third kappa shape index (κ3) is 2.28. The number of hydrogen-bond acceptors (Lipinski definition) is 3. The van der Waals surface area contributed by atoms with Crippen molar-refractivity contribution in [3.8, 4) is 0 Å². The van der Waals surface area contributed by atoms with Crippen molar-refractivity contribution in [3.63, 3.8) is 0 Å². The molecule has 1 amide bonds. The first kappa shape index (κ1) is 15.5. The molecule has 2 fully saturated rings. The fraction of sp³-hybridized carbons (Fsp3) is 0.450. The number of carbonyl (C=O) groups excluding carboxylic acids is 1. The first-order valence-electron chi connectivity index (χ1n) is 8.95. The number of halogens is 1. The topological polar surface area (TPSA) is 46.1 Å². The van der Waals surface area contributed by atoms with Gasteiger partial charge in [0.25, 0.3) is 0 Å². The molecule has 2 aromatic rings. The summed E-state index contributed by atoms with van der Waals surface area (Å²) in [6.07, 6.45) is 7.47. The van der Waals surface area contributed by atoms with Gasteiger partial charge >= 0.3 is 0 Å².